The highest BCUT2D eigenvalue weighted by molar-refractivity contribution is 5.82. The molecular formula is C10H18N2O2. The van der Waals surface area contributed by atoms with Gasteiger partial charge in [0, 0.05) is 12.6 Å². The van der Waals surface area contributed by atoms with Crippen molar-refractivity contribution < 1.29 is 9.53 Å². The lowest BCUT2D eigenvalue weighted by Gasteiger charge is -2.31. The van der Waals surface area contributed by atoms with Crippen LogP contribution in [0.2, 0.25) is 0 Å². The van der Waals surface area contributed by atoms with Gasteiger partial charge in [0.1, 0.15) is 5.54 Å². The molecule has 2 aliphatic heterocycles. The Labute approximate surface area is 84.6 Å². The van der Waals surface area contributed by atoms with Crippen LogP contribution in [0.1, 0.15) is 19.3 Å². The first kappa shape index (κ1) is 9.93. The van der Waals surface area contributed by atoms with Gasteiger partial charge in [0.25, 0.3) is 0 Å². The zero-order chi connectivity index (χ0) is 10.2. The van der Waals surface area contributed by atoms with E-state index >= 15 is 0 Å². The van der Waals surface area contributed by atoms with Gasteiger partial charge < -0.3 is 10.1 Å². The van der Waals surface area contributed by atoms with Crippen LogP contribution in [0.5, 0.6) is 0 Å². The van der Waals surface area contributed by atoms with Crippen molar-refractivity contribution in [1.82, 2.24) is 10.2 Å². The third-order valence-electron chi connectivity index (χ3n) is 3.72. The smallest absolute Gasteiger partial charge is 0.327 e. The molecule has 14 heavy (non-hydrogen) atoms. The zero-order valence-electron chi connectivity index (χ0n) is 8.88. The maximum absolute atomic E-state index is 11.8. The summed E-state index contributed by atoms with van der Waals surface area (Å²) in [6.07, 6.45) is 3.18. The summed E-state index contributed by atoms with van der Waals surface area (Å²) in [5.41, 5.74) is -0.439. The van der Waals surface area contributed by atoms with Crippen LogP contribution in [0.4, 0.5) is 0 Å². The molecule has 0 saturated carbocycles. The Hall–Kier alpha value is -0.610. The summed E-state index contributed by atoms with van der Waals surface area (Å²) >= 11 is 0. The minimum atomic E-state index is -0.439. The number of rotatable bonds is 2. The van der Waals surface area contributed by atoms with Crippen molar-refractivity contribution in [3.8, 4) is 0 Å². The molecule has 2 atom stereocenters. The summed E-state index contributed by atoms with van der Waals surface area (Å²) in [5.74, 6) is -0.102. The van der Waals surface area contributed by atoms with Crippen LogP contribution >= 0.6 is 0 Å². The lowest BCUT2D eigenvalue weighted by molar-refractivity contribution is -0.149. The van der Waals surface area contributed by atoms with E-state index in [1.165, 1.54) is 13.5 Å². The molecule has 80 valence electrons. The summed E-state index contributed by atoms with van der Waals surface area (Å²) in [6.45, 7) is 2.14. The van der Waals surface area contributed by atoms with Gasteiger partial charge in [0.2, 0.25) is 0 Å². The molecule has 0 aromatic carbocycles. The van der Waals surface area contributed by atoms with Crippen LogP contribution < -0.4 is 5.32 Å². The number of carbonyl (C=O) groups excluding carboxylic acids is 1. The van der Waals surface area contributed by atoms with Crippen LogP contribution in [0.25, 0.3) is 0 Å². The summed E-state index contributed by atoms with van der Waals surface area (Å²) < 4.78 is 4.91. The molecule has 2 saturated heterocycles. The maximum Gasteiger partial charge on any atom is 0.327 e. The molecule has 2 rings (SSSR count). The van der Waals surface area contributed by atoms with Crippen molar-refractivity contribution in [2.75, 3.05) is 27.2 Å². The fourth-order valence-electron chi connectivity index (χ4n) is 2.95. The lowest BCUT2D eigenvalue weighted by atomic mass is 9.89. The average molecular weight is 198 g/mol. The first-order chi connectivity index (χ1) is 6.74. The first-order valence-electron chi connectivity index (χ1n) is 5.26. The molecule has 2 fully saturated rings. The van der Waals surface area contributed by atoms with E-state index in [0.717, 1.165) is 25.9 Å². The molecular weight excluding hydrogens is 180 g/mol. The molecule has 4 nitrogen and oxygen atoms in total. The Morgan fingerprint density at radius 1 is 1.57 bits per heavy atom. The van der Waals surface area contributed by atoms with Crippen LogP contribution in [0.3, 0.4) is 0 Å². The molecule has 0 bridgehead atoms. The van der Waals surface area contributed by atoms with E-state index in [2.05, 4.69) is 10.2 Å². The Kier molecular flexibility index (Phi) is 2.49. The van der Waals surface area contributed by atoms with E-state index in [4.69, 9.17) is 4.74 Å². The van der Waals surface area contributed by atoms with Crippen LogP contribution in [0.15, 0.2) is 0 Å². The van der Waals surface area contributed by atoms with Gasteiger partial charge in [0.15, 0.2) is 0 Å². The minimum Gasteiger partial charge on any atom is -0.468 e. The van der Waals surface area contributed by atoms with Crippen molar-refractivity contribution in [3.63, 3.8) is 0 Å². The van der Waals surface area contributed by atoms with E-state index in [-0.39, 0.29) is 5.97 Å². The molecule has 0 aliphatic carbocycles. The van der Waals surface area contributed by atoms with Gasteiger partial charge in [0.05, 0.1) is 7.11 Å². The normalized spacial score (nSPS) is 37.1. The fraction of sp³-hybridized carbons (Fsp3) is 0.900. The average Bonchev–Trinajstić information content (AvgIpc) is 2.77. The van der Waals surface area contributed by atoms with Gasteiger partial charge in [-0.25, -0.2) is 4.79 Å². The number of nitrogens with zero attached hydrogens (tertiary/aromatic N) is 1. The molecule has 0 spiro atoms. The quantitative estimate of drug-likeness (QED) is 0.633. The summed E-state index contributed by atoms with van der Waals surface area (Å²) in [4.78, 5) is 14.2. The SMILES string of the molecule is CNC1(C(=O)OC)CCN2CCCC21. The van der Waals surface area contributed by atoms with Gasteiger partial charge >= 0.3 is 5.97 Å². The second-order valence-corrected chi connectivity index (χ2v) is 4.16. The Morgan fingerprint density at radius 2 is 2.36 bits per heavy atom. The zero-order valence-corrected chi connectivity index (χ0v) is 8.88. The van der Waals surface area contributed by atoms with Crippen molar-refractivity contribution in [2.24, 2.45) is 0 Å². The standard InChI is InChI=1S/C10H18N2O2/c1-11-10(9(13)14-2)5-7-12-6-3-4-8(10)12/h8,11H,3-7H2,1-2H3. The number of methoxy groups -OCH3 is 1. The van der Waals surface area contributed by atoms with Crippen molar-refractivity contribution in [1.29, 1.82) is 0 Å². The Morgan fingerprint density at radius 3 is 3.00 bits per heavy atom. The molecule has 0 amide bonds. The van der Waals surface area contributed by atoms with E-state index in [1.807, 2.05) is 7.05 Å². The number of likely N-dealkylation sites (N-methyl/N-ethyl adjacent to an activating group) is 1. The molecule has 4 heteroatoms. The highest BCUT2D eigenvalue weighted by Gasteiger charge is 2.53. The summed E-state index contributed by atoms with van der Waals surface area (Å²) in [7, 11) is 3.33. The topological polar surface area (TPSA) is 41.6 Å². The number of fused-ring (bicyclic) bond motifs is 1. The largest absolute Gasteiger partial charge is 0.468 e. The number of ether oxygens (including phenoxy) is 1. The lowest BCUT2D eigenvalue weighted by Crippen LogP contribution is -2.57. The molecule has 1 N–H and O–H groups in total. The molecule has 2 unspecified atom stereocenters. The van der Waals surface area contributed by atoms with Gasteiger partial charge in [-0.2, -0.15) is 0 Å². The second-order valence-electron chi connectivity index (χ2n) is 4.16. The molecule has 0 aromatic rings. The van der Waals surface area contributed by atoms with Crippen molar-refractivity contribution in [3.05, 3.63) is 0 Å². The number of esters is 1. The minimum absolute atomic E-state index is 0.102. The molecule has 0 aromatic heterocycles. The fourth-order valence-corrected chi connectivity index (χ4v) is 2.95. The van der Waals surface area contributed by atoms with Gasteiger partial charge in [-0.3, -0.25) is 4.90 Å². The van der Waals surface area contributed by atoms with Crippen LogP contribution in [0, 0.1) is 0 Å². The maximum atomic E-state index is 11.8. The van der Waals surface area contributed by atoms with Gasteiger partial charge in [-0.15, -0.1) is 0 Å². The number of hydrogen-bond acceptors (Lipinski definition) is 4. The predicted octanol–water partition coefficient (Wildman–Crippen LogP) is -0.0143. The Balaban J connectivity index is 2.23. The van der Waals surface area contributed by atoms with Crippen LogP contribution in [-0.4, -0.2) is 49.7 Å². The third-order valence-corrected chi connectivity index (χ3v) is 3.72. The number of nitrogens with one attached hydrogen (secondary N) is 1. The number of carbonyl (C=O) groups is 1. The number of hydrogen-bond donors (Lipinski definition) is 1. The first-order valence-corrected chi connectivity index (χ1v) is 5.26. The van der Waals surface area contributed by atoms with Crippen molar-refractivity contribution >= 4 is 5.97 Å². The monoisotopic (exact) mass is 198 g/mol. The highest BCUT2D eigenvalue weighted by Crippen LogP contribution is 2.36. The summed E-state index contributed by atoms with van der Waals surface area (Å²) in [5, 5.41) is 3.18. The van der Waals surface area contributed by atoms with E-state index < -0.39 is 5.54 Å². The van der Waals surface area contributed by atoms with Gasteiger partial charge in [-0.1, -0.05) is 0 Å². The van der Waals surface area contributed by atoms with Gasteiger partial charge in [-0.05, 0) is 32.9 Å². The van der Waals surface area contributed by atoms with Crippen molar-refractivity contribution in [2.45, 2.75) is 30.8 Å². The Bertz CT molecular complexity index is 244. The van der Waals surface area contributed by atoms with E-state index in [9.17, 15) is 4.79 Å². The molecule has 2 aliphatic rings. The predicted molar refractivity (Wildman–Crippen MR) is 53.0 cm³/mol. The second kappa shape index (κ2) is 3.51. The van der Waals surface area contributed by atoms with E-state index in [1.54, 1.807) is 0 Å². The van der Waals surface area contributed by atoms with Crippen LogP contribution in [-0.2, 0) is 9.53 Å². The van der Waals surface area contributed by atoms with E-state index in [0.29, 0.717) is 6.04 Å². The highest BCUT2D eigenvalue weighted by atomic mass is 16.5. The molecule has 2 heterocycles. The third kappa shape index (κ3) is 1.17. The summed E-state index contributed by atoms with van der Waals surface area (Å²) in [6, 6.07) is 0.347. The molecule has 0 radical (unpaired) electrons.